The quantitative estimate of drug-likeness (QED) is 0.144. The minimum atomic E-state index is -0.598. The van der Waals surface area contributed by atoms with Crippen molar-refractivity contribution in [1.82, 2.24) is 30.0 Å². The molecule has 0 aromatic carbocycles. The molecule has 0 spiro atoms. The third-order valence-electron chi connectivity index (χ3n) is 9.69. The Labute approximate surface area is 287 Å². The number of rotatable bonds is 21. The first-order valence-electron chi connectivity index (χ1n) is 18.2. The molecule has 0 bridgehead atoms. The number of aryl methyl sites for hydroxylation is 4. The SMILES string of the molecule is CC1(C)OCC(C)(C(=O)CCCCCCCn2cc(CCc3cn(CCCCCCCC(=O)C4(C)COC(C)(C)OC4)nn3)nn2)CO1. The third-order valence-corrected chi connectivity index (χ3v) is 9.69. The van der Waals surface area contributed by atoms with Crippen molar-refractivity contribution in [1.29, 1.82) is 0 Å². The van der Waals surface area contributed by atoms with Gasteiger partial charge in [-0.15, -0.1) is 10.2 Å². The Kier molecular flexibility index (Phi) is 13.9. The molecule has 2 aromatic rings. The van der Waals surface area contributed by atoms with Crippen molar-refractivity contribution in [3.8, 4) is 0 Å². The van der Waals surface area contributed by atoms with E-state index in [0.29, 0.717) is 39.3 Å². The second kappa shape index (κ2) is 17.4. The van der Waals surface area contributed by atoms with Crippen LogP contribution in [-0.4, -0.2) is 79.6 Å². The molecule has 2 aromatic heterocycles. The molecule has 4 rings (SSSR count). The van der Waals surface area contributed by atoms with Gasteiger partial charge in [0.2, 0.25) is 0 Å². The van der Waals surface area contributed by atoms with Crippen LogP contribution in [0.4, 0.5) is 0 Å². The van der Waals surface area contributed by atoms with Crippen LogP contribution >= 0.6 is 0 Å². The summed E-state index contributed by atoms with van der Waals surface area (Å²) in [6, 6.07) is 0. The highest BCUT2D eigenvalue weighted by atomic mass is 16.7. The standard InChI is InChI=1S/C36H60N6O6/c1-33(2)45-25-35(5,26-46-33)31(43)17-13-9-7-11-15-21-41-23-29(37-39-41)19-20-30-24-42(40-38-30)22-16-12-8-10-14-18-32(44)36(6)27-47-34(3,4)48-28-36/h23-24H,7-22,25-28H2,1-6H3. The van der Waals surface area contributed by atoms with Gasteiger partial charge in [-0.25, -0.2) is 0 Å². The molecule has 0 saturated carbocycles. The zero-order valence-electron chi connectivity index (χ0n) is 30.4. The Morgan fingerprint density at radius 3 is 1.27 bits per heavy atom. The number of carbonyl (C=O) groups excluding carboxylic acids is 2. The van der Waals surface area contributed by atoms with Crippen molar-refractivity contribution >= 4 is 11.6 Å². The zero-order chi connectivity index (χ0) is 34.7. The highest BCUT2D eigenvalue weighted by molar-refractivity contribution is 5.85. The zero-order valence-corrected chi connectivity index (χ0v) is 30.4. The minimum Gasteiger partial charge on any atom is -0.349 e. The summed E-state index contributed by atoms with van der Waals surface area (Å²) in [5.41, 5.74) is 0.883. The van der Waals surface area contributed by atoms with Gasteiger partial charge in [0.1, 0.15) is 11.6 Å². The Morgan fingerprint density at radius 2 is 0.896 bits per heavy atom. The summed E-state index contributed by atoms with van der Waals surface area (Å²) < 4.78 is 26.7. The van der Waals surface area contributed by atoms with Crippen LogP contribution in [-0.2, 0) is 54.5 Å². The van der Waals surface area contributed by atoms with E-state index >= 15 is 0 Å². The molecule has 0 atom stereocenters. The molecule has 2 aliphatic heterocycles. The number of unbranched alkanes of at least 4 members (excludes halogenated alkanes) is 8. The highest BCUT2D eigenvalue weighted by Gasteiger charge is 2.42. The molecule has 12 nitrogen and oxygen atoms in total. The van der Waals surface area contributed by atoms with Crippen LogP contribution in [0.3, 0.4) is 0 Å². The first-order chi connectivity index (χ1) is 22.8. The van der Waals surface area contributed by atoms with E-state index in [9.17, 15) is 9.59 Å². The minimum absolute atomic E-state index is 0.241. The molecule has 2 aliphatic rings. The van der Waals surface area contributed by atoms with Crippen molar-refractivity contribution in [2.45, 2.75) is 156 Å². The number of hydrogen-bond donors (Lipinski definition) is 0. The predicted molar refractivity (Wildman–Crippen MR) is 181 cm³/mol. The van der Waals surface area contributed by atoms with E-state index < -0.39 is 22.4 Å². The average Bonchev–Trinajstić information content (AvgIpc) is 3.71. The van der Waals surface area contributed by atoms with Gasteiger partial charge in [0.05, 0.1) is 48.6 Å². The largest absolute Gasteiger partial charge is 0.349 e. The Morgan fingerprint density at radius 1 is 0.562 bits per heavy atom. The number of Topliss-reactive ketones (excluding diaryl/α,β-unsaturated/α-hetero) is 2. The number of ketones is 2. The molecule has 0 radical (unpaired) electrons. The number of aromatic nitrogens is 6. The fourth-order valence-electron chi connectivity index (χ4n) is 5.98. The van der Waals surface area contributed by atoms with Crippen LogP contribution in [0.2, 0.25) is 0 Å². The summed E-state index contributed by atoms with van der Waals surface area (Å²) in [5, 5.41) is 17.3. The summed E-state index contributed by atoms with van der Waals surface area (Å²) in [4.78, 5) is 25.4. The van der Waals surface area contributed by atoms with Gasteiger partial charge in [-0.2, -0.15) is 0 Å². The normalized spacial score (nSPS) is 19.7. The van der Waals surface area contributed by atoms with Gasteiger partial charge in [-0.1, -0.05) is 49.0 Å². The first kappa shape index (κ1) is 38.3. The lowest BCUT2D eigenvalue weighted by atomic mass is 9.84. The van der Waals surface area contributed by atoms with E-state index in [0.717, 1.165) is 102 Å². The second-order valence-electron chi connectivity index (χ2n) is 15.4. The van der Waals surface area contributed by atoms with Gasteiger partial charge in [-0.3, -0.25) is 19.0 Å². The van der Waals surface area contributed by atoms with E-state index in [2.05, 4.69) is 20.6 Å². The fourth-order valence-corrected chi connectivity index (χ4v) is 5.98. The molecule has 0 amide bonds. The summed E-state index contributed by atoms with van der Waals surface area (Å²) in [6.07, 6.45) is 17.2. The Hall–Kier alpha value is -2.54. The van der Waals surface area contributed by atoms with Crippen LogP contribution < -0.4 is 0 Å². The van der Waals surface area contributed by atoms with Gasteiger partial charge in [0, 0.05) is 38.3 Å². The van der Waals surface area contributed by atoms with Gasteiger partial charge in [0.25, 0.3) is 0 Å². The molecule has 4 heterocycles. The van der Waals surface area contributed by atoms with Crippen LogP contribution in [0.1, 0.15) is 130 Å². The number of ether oxygens (including phenoxy) is 4. The molecule has 0 N–H and O–H groups in total. The second-order valence-corrected chi connectivity index (χ2v) is 15.4. The van der Waals surface area contributed by atoms with Crippen molar-refractivity contribution in [2.75, 3.05) is 26.4 Å². The molecule has 12 heteroatoms. The maximum atomic E-state index is 12.7. The summed E-state index contributed by atoms with van der Waals surface area (Å²) in [7, 11) is 0. The Bertz CT molecular complexity index is 1190. The molecule has 0 aliphatic carbocycles. The van der Waals surface area contributed by atoms with Gasteiger partial charge in [0.15, 0.2) is 11.6 Å². The lowest BCUT2D eigenvalue weighted by molar-refractivity contribution is -0.277. The van der Waals surface area contributed by atoms with Crippen molar-refractivity contribution < 1.29 is 28.5 Å². The fraction of sp³-hybridized carbons (Fsp3) is 0.833. The van der Waals surface area contributed by atoms with E-state index in [4.69, 9.17) is 18.9 Å². The smallest absolute Gasteiger partial charge is 0.162 e. The third kappa shape index (κ3) is 12.1. The number of hydrogen-bond acceptors (Lipinski definition) is 10. The van der Waals surface area contributed by atoms with E-state index in [-0.39, 0.29) is 11.6 Å². The highest BCUT2D eigenvalue weighted by Crippen LogP contribution is 2.33. The Balaban J connectivity index is 0.991. The summed E-state index contributed by atoms with van der Waals surface area (Å²) in [6.45, 7) is 14.9. The van der Waals surface area contributed by atoms with E-state index in [1.54, 1.807) is 0 Å². The molecular formula is C36H60N6O6. The number of nitrogens with zero attached hydrogens (tertiary/aromatic N) is 6. The molecular weight excluding hydrogens is 612 g/mol. The van der Waals surface area contributed by atoms with E-state index in [1.807, 2.05) is 63.3 Å². The van der Waals surface area contributed by atoms with Crippen LogP contribution in [0.15, 0.2) is 12.4 Å². The summed E-state index contributed by atoms with van der Waals surface area (Å²) >= 11 is 0. The monoisotopic (exact) mass is 672 g/mol. The van der Waals surface area contributed by atoms with Gasteiger partial charge >= 0.3 is 0 Å². The average molecular weight is 673 g/mol. The first-order valence-corrected chi connectivity index (χ1v) is 18.2. The van der Waals surface area contributed by atoms with Crippen molar-refractivity contribution in [3.05, 3.63) is 23.8 Å². The predicted octanol–water partition coefficient (Wildman–Crippen LogP) is 6.05. The maximum absolute atomic E-state index is 12.7. The molecule has 48 heavy (non-hydrogen) atoms. The molecule has 270 valence electrons. The number of carbonyl (C=O) groups is 2. The molecule has 0 unspecified atom stereocenters. The maximum Gasteiger partial charge on any atom is 0.162 e. The van der Waals surface area contributed by atoms with Crippen molar-refractivity contribution in [2.24, 2.45) is 10.8 Å². The molecule has 2 fully saturated rings. The van der Waals surface area contributed by atoms with Crippen LogP contribution in [0, 0.1) is 10.8 Å². The van der Waals surface area contributed by atoms with Crippen LogP contribution in [0.5, 0.6) is 0 Å². The van der Waals surface area contributed by atoms with Crippen LogP contribution in [0.25, 0.3) is 0 Å². The van der Waals surface area contributed by atoms with Crippen molar-refractivity contribution in [3.63, 3.8) is 0 Å². The van der Waals surface area contributed by atoms with Gasteiger partial charge < -0.3 is 18.9 Å². The molecule has 2 saturated heterocycles. The van der Waals surface area contributed by atoms with E-state index in [1.165, 1.54) is 0 Å². The lowest BCUT2D eigenvalue weighted by Gasteiger charge is -2.40. The lowest BCUT2D eigenvalue weighted by Crippen LogP contribution is -2.48. The summed E-state index contributed by atoms with van der Waals surface area (Å²) in [5.74, 6) is -0.715. The topological polar surface area (TPSA) is 132 Å². The van der Waals surface area contributed by atoms with Gasteiger partial charge in [-0.05, 0) is 80.1 Å².